The first-order valence-electron chi connectivity index (χ1n) is 6.94. The molecule has 2 aliphatic heterocycles. The van der Waals surface area contributed by atoms with Crippen molar-refractivity contribution >= 4 is 0 Å². The van der Waals surface area contributed by atoms with Crippen molar-refractivity contribution in [2.75, 3.05) is 32.8 Å². The lowest BCUT2D eigenvalue weighted by Crippen LogP contribution is -2.51. The fourth-order valence-corrected chi connectivity index (χ4v) is 3.39. The summed E-state index contributed by atoms with van der Waals surface area (Å²) in [6.45, 7) is 10.9. The molecule has 2 heterocycles. The summed E-state index contributed by atoms with van der Waals surface area (Å²) in [6, 6.07) is 0. The molecule has 0 amide bonds. The molecule has 2 heteroatoms. The summed E-state index contributed by atoms with van der Waals surface area (Å²) in [5, 5.41) is 0. The van der Waals surface area contributed by atoms with Gasteiger partial charge in [-0.25, -0.2) is 0 Å². The van der Waals surface area contributed by atoms with Crippen LogP contribution in [0.1, 0.15) is 39.5 Å². The molecule has 1 spiro atoms. The van der Waals surface area contributed by atoms with Gasteiger partial charge in [0.25, 0.3) is 0 Å². The Labute approximate surface area is 99.3 Å². The van der Waals surface area contributed by atoms with Gasteiger partial charge in [-0.3, -0.25) is 0 Å². The average molecular weight is 223 g/mol. The second-order valence-corrected chi connectivity index (χ2v) is 6.79. The van der Waals surface area contributed by atoms with Crippen LogP contribution in [0.25, 0.3) is 0 Å². The molecule has 0 atom stereocenters. The maximum Gasteiger partial charge on any atom is 0.0545 e. The predicted octanol–water partition coefficient (Wildman–Crippen LogP) is 2.54. The Hall–Kier alpha value is -0.0800. The van der Waals surface area contributed by atoms with E-state index < -0.39 is 0 Å². The molecule has 0 bridgehead atoms. The van der Waals surface area contributed by atoms with Gasteiger partial charge in [-0.05, 0) is 50.1 Å². The van der Waals surface area contributed by atoms with Gasteiger partial charge < -0.3 is 9.64 Å². The van der Waals surface area contributed by atoms with Crippen LogP contribution in [0.4, 0.5) is 0 Å². The highest BCUT2D eigenvalue weighted by molar-refractivity contribution is 4.99. The molecule has 2 nitrogen and oxygen atoms in total. The largest absolute Gasteiger partial charge is 0.380 e. The third kappa shape index (κ3) is 1.80. The second kappa shape index (κ2) is 3.71. The van der Waals surface area contributed by atoms with Crippen LogP contribution in [0.5, 0.6) is 0 Å². The lowest BCUT2D eigenvalue weighted by molar-refractivity contribution is -0.140. The Balaban J connectivity index is 1.51. The summed E-state index contributed by atoms with van der Waals surface area (Å²) in [4.78, 5) is 2.72. The minimum Gasteiger partial charge on any atom is -0.380 e. The maximum atomic E-state index is 5.38. The Morgan fingerprint density at radius 2 is 1.69 bits per heavy atom. The molecule has 0 aromatic carbocycles. The summed E-state index contributed by atoms with van der Waals surface area (Å²) in [7, 11) is 0. The van der Waals surface area contributed by atoms with E-state index in [1.807, 2.05) is 0 Å². The average Bonchev–Trinajstić information content (AvgIpc) is 2.98. The summed E-state index contributed by atoms with van der Waals surface area (Å²) in [5.41, 5.74) is 1.30. The zero-order valence-electron chi connectivity index (χ0n) is 10.8. The van der Waals surface area contributed by atoms with E-state index in [-0.39, 0.29) is 0 Å². The van der Waals surface area contributed by atoms with Gasteiger partial charge in [0.1, 0.15) is 0 Å². The van der Waals surface area contributed by atoms with Gasteiger partial charge in [-0.1, -0.05) is 13.8 Å². The topological polar surface area (TPSA) is 12.5 Å². The van der Waals surface area contributed by atoms with Crippen LogP contribution in [0, 0.1) is 16.7 Å². The molecular weight excluding hydrogens is 198 g/mol. The first-order chi connectivity index (χ1) is 7.64. The number of nitrogens with zero attached hydrogens (tertiary/aromatic N) is 1. The fourth-order valence-electron chi connectivity index (χ4n) is 3.39. The number of rotatable bonds is 3. The van der Waals surface area contributed by atoms with Gasteiger partial charge in [-0.15, -0.1) is 0 Å². The lowest BCUT2D eigenvalue weighted by atomic mass is 9.76. The third-order valence-corrected chi connectivity index (χ3v) is 5.39. The van der Waals surface area contributed by atoms with Crippen molar-refractivity contribution in [3.8, 4) is 0 Å². The van der Waals surface area contributed by atoms with E-state index in [4.69, 9.17) is 4.74 Å². The number of hydrogen-bond donors (Lipinski definition) is 0. The smallest absolute Gasteiger partial charge is 0.0545 e. The van der Waals surface area contributed by atoms with E-state index >= 15 is 0 Å². The molecule has 0 radical (unpaired) electrons. The standard InChI is InChI=1S/C14H25NO/c1-12(2)14(3-4-14)9-15-7-5-13(6-8-15)10-16-11-13/h12H,3-11H2,1-2H3. The number of likely N-dealkylation sites (tertiary alicyclic amines) is 1. The molecule has 92 valence electrons. The van der Waals surface area contributed by atoms with E-state index in [1.165, 1.54) is 45.3 Å². The van der Waals surface area contributed by atoms with Crippen molar-refractivity contribution < 1.29 is 4.74 Å². The van der Waals surface area contributed by atoms with Crippen LogP contribution < -0.4 is 0 Å². The van der Waals surface area contributed by atoms with Crippen LogP contribution >= 0.6 is 0 Å². The Bertz CT molecular complexity index is 256. The van der Waals surface area contributed by atoms with Crippen LogP contribution in [0.3, 0.4) is 0 Å². The van der Waals surface area contributed by atoms with E-state index in [0.717, 1.165) is 19.1 Å². The minimum absolute atomic E-state index is 0.602. The van der Waals surface area contributed by atoms with Crippen LogP contribution in [-0.4, -0.2) is 37.7 Å². The molecule has 3 rings (SSSR count). The van der Waals surface area contributed by atoms with Gasteiger partial charge in [0, 0.05) is 12.0 Å². The molecule has 3 fully saturated rings. The first-order valence-corrected chi connectivity index (χ1v) is 6.94. The zero-order valence-corrected chi connectivity index (χ0v) is 10.8. The minimum atomic E-state index is 0.602. The van der Waals surface area contributed by atoms with E-state index in [1.54, 1.807) is 0 Å². The molecule has 16 heavy (non-hydrogen) atoms. The first kappa shape index (κ1) is 11.0. The van der Waals surface area contributed by atoms with E-state index in [2.05, 4.69) is 18.7 Å². The van der Waals surface area contributed by atoms with Crippen molar-refractivity contribution in [1.82, 2.24) is 4.90 Å². The molecule has 0 aromatic rings. The Morgan fingerprint density at radius 3 is 2.06 bits per heavy atom. The van der Waals surface area contributed by atoms with Crippen molar-refractivity contribution in [3.05, 3.63) is 0 Å². The lowest BCUT2D eigenvalue weighted by Gasteiger charge is -2.48. The normalized spacial score (nSPS) is 31.7. The van der Waals surface area contributed by atoms with Crippen LogP contribution in [-0.2, 0) is 4.74 Å². The highest BCUT2D eigenvalue weighted by atomic mass is 16.5. The predicted molar refractivity (Wildman–Crippen MR) is 65.4 cm³/mol. The summed E-state index contributed by atoms with van der Waals surface area (Å²) < 4.78 is 5.38. The molecule has 3 aliphatic rings. The Morgan fingerprint density at radius 1 is 1.06 bits per heavy atom. The van der Waals surface area contributed by atoms with Gasteiger partial charge in [0.2, 0.25) is 0 Å². The van der Waals surface area contributed by atoms with Gasteiger partial charge in [0.05, 0.1) is 13.2 Å². The molecule has 0 N–H and O–H groups in total. The fraction of sp³-hybridized carbons (Fsp3) is 1.00. The van der Waals surface area contributed by atoms with Gasteiger partial charge in [-0.2, -0.15) is 0 Å². The molecule has 0 aromatic heterocycles. The quantitative estimate of drug-likeness (QED) is 0.729. The van der Waals surface area contributed by atoms with Crippen LogP contribution in [0.15, 0.2) is 0 Å². The zero-order chi connectivity index (χ0) is 11.2. The van der Waals surface area contributed by atoms with Gasteiger partial charge in [0.15, 0.2) is 0 Å². The van der Waals surface area contributed by atoms with Gasteiger partial charge >= 0.3 is 0 Å². The summed E-state index contributed by atoms with van der Waals surface area (Å²) in [5.74, 6) is 0.871. The SMILES string of the molecule is CC(C)C1(CN2CCC3(CC2)COC3)CC1. The number of hydrogen-bond acceptors (Lipinski definition) is 2. The highest BCUT2D eigenvalue weighted by Gasteiger charge is 2.48. The van der Waals surface area contributed by atoms with Crippen molar-refractivity contribution in [1.29, 1.82) is 0 Å². The molecular formula is C14H25NO. The maximum absolute atomic E-state index is 5.38. The van der Waals surface area contributed by atoms with E-state index in [0.29, 0.717) is 10.8 Å². The number of ether oxygens (including phenoxy) is 1. The molecule has 2 saturated heterocycles. The molecule has 0 unspecified atom stereocenters. The summed E-state index contributed by atoms with van der Waals surface area (Å²) in [6.07, 6.45) is 5.69. The van der Waals surface area contributed by atoms with E-state index in [9.17, 15) is 0 Å². The van der Waals surface area contributed by atoms with Crippen molar-refractivity contribution in [2.24, 2.45) is 16.7 Å². The molecule has 1 aliphatic carbocycles. The Kier molecular flexibility index (Phi) is 2.56. The molecule has 1 saturated carbocycles. The number of piperidine rings is 1. The van der Waals surface area contributed by atoms with Crippen LogP contribution in [0.2, 0.25) is 0 Å². The monoisotopic (exact) mass is 223 g/mol. The second-order valence-electron chi connectivity index (χ2n) is 6.79. The van der Waals surface area contributed by atoms with Crippen molar-refractivity contribution in [3.63, 3.8) is 0 Å². The third-order valence-electron chi connectivity index (χ3n) is 5.39. The summed E-state index contributed by atoms with van der Waals surface area (Å²) >= 11 is 0. The highest BCUT2D eigenvalue weighted by Crippen LogP contribution is 2.53. The van der Waals surface area contributed by atoms with Crippen molar-refractivity contribution in [2.45, 2.75) is 39.5 Å².